The molecule has 0 atom stereocenters. The number of benzene rings is 2. The zero-order valence-corrected chi connectivity index (χ0v) is 14.6. The van der Waals surface area contributed by atoms with Gasteiger partial charge in [0.1, 0.15) is 5.75 Å². The van der Waals surface area contributed by atoms with Crippen LogP contribution in [-0.2, 0) is 6.42 Å². The summed E-state index contributed by atoms with van der Waals surface area (Å²) in [6, 6.07) is 9.14. The first-order valence-corrected chi connectivity index (χ1v) is 8.62. The average molecular weight is 332 g/mol. The maximum atomic E-state index is 13.1. The second-order valence-corrected chi connectivity index (χ2v) is 6.28. The number of hydrogen-bond donors (Lipinski definition) is 2. The van der Waals surface area contributed by atoms with E-state index in [2.05, 4.69) is 0 Å². The molecule has 0 unspecified atom stereocenters. The fourth-order valence-corrected chi connectivity index (χ4v) is 3.28. The maximum Gasteiger partial charge on any atom is 0.391 e. The van der Waals surface area contributed by atoms with Crippen LogP contribution >= 0.6 is 8.60 Å². The van der Waals surface area contributed by atoms with Gasteiger partial charge < -0.3 is 14.3 Å². The minimum atomic E-state index is -2.58. The molecule has 0 aliphatic heterocycles. The van der Waals surface area contributed by atoms with Crippen LogP contribution in [0.25, 0.3) is 0 Å². The Morgan fingerprint density at radius 3 is 2.22 bits per heavy atom. The van der Waals surface area contributed by atoms with Crippen molar-refractivity contribution < 1.29 is 19.1 Å². The van der Waals surface area contributed by atoms with Crippen LogP contribution in [0.5, 0.6) is 5.75 Å². The van der Waals surface area contributed by atoms with Gasteiger partial charge in [0, 0.05) is 5.56 Å². The normalized spacial score (nSPS) is 10.9. The van der Waals surface area contributed by atoms with Crippen LogP contribution < -0.4 is 4.52 Å². The Kier molecular flexibility index (Phi) is 5.53. The minimum absolute atomic E-state index is 0.149. The van der Waals surface area contributed by atoms with E-state index in [4.69, 9.17) is 4.52 Å². The molecule has 2 rings (SSSR count). The van der Waals surface area contributed by atoms with Crippen LogP contribution in [0.2, 0.25) is 0 Å². The lowest BCUT2D eigenvalue weighted by atomic mass is 9.90. The molecule has 0 spiro atoms. The molecule has 5 heteroatoms. The molecule has 0 saturated carbocycles. The highest BCUT2D eigenvalue weighted by Gasteiger charge is 2.23. The van der Waals surface area contributed by atoms with Gasteiger partial charge in [0.05, 0.1) is 5.56 Å². The number of aryl methyl sites for hydroxylation is 4. The first-order valence-electron chi connectivity index (χ1n) is 7.45. The SMILES string of the molecule is CCc1cccc(OP(O)O)c1C(=O)c1c(C)cc(C)cc1C. The molecular formula is C18H21O4P. The molecule has 0 fully saturated rings. The summed E-state index contributed by atoms with van der Waals surface area (Å²) >= 11 is 0. The topological polar surface area (TPSA) is 66.8 Å². The fourth-order valence-electron chi connectivity index (χ4n) is 2.96. The molecule has 2 aromatic rings. The highest BCUT2D eigenvalue weighted by Crippen LogP contribution is 2.35. The smallest absolute Gasteiger partial charge is 0.391 e. The number of rotatable bonds is 5. The molecular weight excluding hydrogens is 311 g/mol. The summed E-state index contributed by atoms with van der Waals surface area (Å²) < 4.78 is 5.09. The predicted molar refractivity (Wildman–Crippen MR) is 91.9 cm³/mol. The molecule has 0 bridgehead atoms. The highest BCUT2D eigenvalue weighted by atomic mass is 31.2. The van der Waals surface area contributed by atoms with Crippen LogP contribution in [-0.4, -0.2) is 15.6 Å². The van der Waals surface area contributed by atoms with E-state index < -0.39 is 8.60 Å². The summed E-state index contributed by atoms with van der Waals surface area (Å²) in [5.74, 6) is 0.0640. The van der Waals surface area contributed by atoms with Gasteiger partial charge in [-0.25, -0.2) is 0 Å². The van der Waals surface area contributed by atoms with Gasteiger partial charge in [0.25, 0.3) is 0 Å². The summed E-state index contributed by atoms with van der Waals surface area (Å²) in [4.78, 5) is 31.5. The summed E-state index contributed by atoms with van der Waals surface area (Å²) in [6.07, 6.45) is 0.650. The quantitative estimate of drug-likeness (QED) is 0.642. The summed E-state index contributed by atoms with van der Waals surface area (Å²) in [5, 5.41) is 0. The van der Waals surface area contributed by atoms with E-state index in [1.54, 1.807) is 12.1 Å². The largest absolute Gasteiger partial charge is 0.426 e. The van der Waals surface area contributed by atoms with Crippen molar-refractivity contribution >= 4 is 14.4 Å². The number of hydrogen-bond acceptors (Lipinski definition) is 4. The Morgan fingerprint density at radius 1 is 1.09 bits per heavy atom. The van der Waals surface area contributed by atoms with E-state index in [1.807, 2.05) is 45.9 Å². The van der Waals surface area contributed by atoms with E-state index in [0.29, 0.717) is 17.5 Å². The van der Waals surface area contributed by atoms with Crippen molar-refractivity contribution in [3.05, 3.63) is 63.7 Å². The van der Waals surface area contributed by atoms with E-state index >= 15 is 0 Å². The van der Waals surface area contributed by atoms with Crippen LogP contribution in [0.1, 0.15) is 45.1 Å². The maximum absolute atomic E-state index is 13.1. The molecule has 122 valence electrons. The van der Waals surface area contributed by atoms with E-state index in [1.165, 1.54) is 0 Å². The minimum Gasteiger partial charge on any atom is -0.426 e. The molecule has 4 nitrogen and oxygen atoms in total. The first kappa shape index (κ1) is 17.6. The van der Waals surface area contributed by atoms with Crippen LogP contribution in [0.3, 0.4) is 0 Å². The van der Waals surface area contributed by atoms with Gasteiger partial charge in [-0.1, -0.05) is 36.8 Å². The monoisotopic (exact) mass is 332 g/mol. The molecule has 0 saturated heterocycles. The fraction of sp³-hybridized carbons (Fsp3) is 0.278. The van der Waals surface area contributed by atoms with Crippen molar-refractivity contribution in [3.63, 3.8) is 0 Å². The third kappa shape index (κ3) is 3.78. The summed E-state index contributed by atoms with van der Waals surface area (Å²) in [6.45, 7) is 7.76. The van der Waals surface area contributed by atoms with Crippen molar-refractivity contribution in [3.8, 4) is 5.75 Å². The second-order valence-electron chi connectivity index (χ2n) is 5.59. The molecule has 0 aliphatic carbocycles. The van der Waals surface area contributed by atoms with E-state index in [9.17, 15) is 14.6 Å². The van der Waals surface area contributed by atoms with E-state index in [0.717, 1.165) is 22.3 Å². The number of carbonyl (C=O) groups is 1. The molecule has 2 N–H and O–H groups in total. The zero-order chi connectivity index (χ0) is 17.1. The van der Waals surface area contributed by atoms with Gasteiger partial charge in [-0.2, -0.15) is 0 Å². The zero-order valence-electron chi connectivity index (χ0n) is 13.8. The Balaban J connectivity index is 2.63. The third-order valence-corrected chi connectivity index (χ3v) is 4.16. The van der Waals surface area contributed by atoms with Gasteiger partial charge in [-0.3, -0.25) is 4.79 Å². The van der Waals surface area contributed by atoms with Crippen molar-refractivity contribution in [1.29, 1.82) is 0 Å². The second kappa shape index (κ2) is 7.22. The van der Waals surface area contributed by atoms with Crippen LogP contribution in [0.15, 0.2) is 30.3 Å². The van der Waals surface area contributed by atoms with Gasteiger partial charge in [-0.05, 0) is 49.9 Å². The number of ketones is 1. The molecule has 0 heterocycles. The molecule has 0 aromatic heterocycles. The molecule has 23 heavy (non-hydrogen) atoms. The highest BCUT2D eigenvalue weighted by molar-refractivity contribution is 7.39. The Labute approximate surface area is 137 Å². The van der Waals surface area contributed by atoms with Crippen molar-refractivity contribution in [2.24, 2.45) is 0 Å². The molecule has 0 aliphatic rings. The van der Waals surface area contributed by atoms with Gasteiger partial charge in [0.2, 0.25) is 0 Å². The van der Waals surface area contributed by atoms with Gasteiger partial charge in [-0.15, -0.1) is 0 Å². The summed E-state index contributed by atoms with van der Waals surface area (Å²) in [7, 11) is -2.58. The lowest BCUT2D eigenvalue weighted by Gasteiger charge is -2.16. The molecule has 2 aromatic carbocycles. The predicted octanol–water partition coefficient (Wildman–Crippen LogP) is 4.00. The van der Waals surface area contributed by atoms with Crippen molar-refractivity contribution in [2.75, 3.05) is 0 Å². The van der Waals surface area contributed by atoms with Gasteiger partial charge in [0.15, 0.2) is 5.78 Å². The van der Waals surface area contributed by atoms with Gasteiger partial charge >= 0.3 is 8.60 Å². The van der Waals surface area contributed by atoms with Crippen LogP contribution in [0.4, 0.5) is 0 Å². The summed E-state index contributed by atoms with van der Waals surface area (Å²) in [5.41, 5.74) is 4.77. The Bertz CT molecular complexity index is 715. The van der Waals surface area contributed by atoms with Crippen molar-refractivity contribution in [1.82, 2.24) is 0 Å². The van der Waals surface area contributed by atoms with Crippen molar-refractivity contribution in [2.45, 2.75) is 34.1 Å². The lowest BCUT2D eigenvalue weighted by molar-refractivity contribution is 0.103. The molecule has 0 radical (unpaired) electrons. The number of carbonyl (C=O) groups excluding carboxylic acids is 1. The Morgan fingerprint density at radius 2 is 1.70 bits per heavy atom. The van der Waals surface area contributed by atoms with E-state index in [-0.39, 0.29) is 11.5 Å². The van der Waals surface area contributed by atoms with Crippen LogP contribution in [0, 0.1) is 20.8 Å². The first-order chi connectivity index (χ1) is 10.8. The lowest BCUT2D eigenvalue weighted by Crippen LogP contribution is -2.11. The average Bonchev–Trinajstić information content (AvgIpc) is 2.44. The molecule has 0 amide bonds. The standard InChI is InChI=1S/C18H21O4P/c1-5-14-7-6-8-15(22-23(20)21)17(14)18(19)16-12(3)9-11(2)10-13(16)4/h6-10,20-21H,5H2,1-4H3. The third-order valence-electron chi connectivity index (χ3n) is 3.80. The Hall–Kier alpha value is -1.74.